The number of nitriles is 1. The zero-order valence-electron chi connectivity index (χ0n) is 16.4. The minimum atomic E-state index is -0.405. The fourth-order valence-corrected chi connectivity index (χ4v) is 2.92. The summed E-state index contributed by atoms with van der Waals surface area (Å²) < 4.78 is 6.93. The lowest BCUT2D eigenvalue weighted by atomic mass is 10.1. The Morgan fingerprint density at radius 1 is 1.21 bits per heavy atom. The van der Waals surface area contributed by atoms with Crippen LogP contribution in [-0.2, 0) is 0 Å². The highest BCUT2D eigenvalue weighted by atomic mass is 16.5. The minimum absolute atomic E-state index is 0.177. The van der Waals surface area contributed by atoms with Gasteiger partial charge in [-0.15, -0.1) is 0 Å². The molecule has 0 aliphatic carbocycles. The lowest BCUT2D eigenvalue weighted by Crippen LogP contribution is -2.28. The molecule has 0 atom stereocenters. The molecule has 0 aliphatic rings. The Morgan fingerprint density at radius 2 is 1.97 bits per heavy atom. The molecule has 1 heterocycles. The molecule has 7 heteroatoms. The van der Waals surface area contributed by atoms with Crippen LogP contribution in [0.5, 0.6) is 5.75 Å². The minimum Gasteiger partial charge on any atom is -0.493 e. The van der Waals surface area contributed by atoms with E-state index in [9.17, 15) is 9.59 Å². The zero-order valence-corrected chi connectivity index (χ0v) is 16.4. The van der Waals surface area contributed by atoms with E-state index in [1.54, 1.807) is 48.5 Å². The van der Waals surface area contributed by atoms with Crippen LogP contribution >= 0.6 is 0 Å². The number of nitrogens with one attached hydrogen (secondary N) is 1. The molecule has 0 radical (unpaired) electrons. The number of rotatable bonds is 7. The second kappa shape index (κ2) is 9.02. The number of carbonyl (C=O) groups is 1. The third-order valence-corrected chi connectivity index (χ3v) is 4.33. The fraction of sp³-hybridized carbons (Fsp3) is 0.273. The van der Waals surface area contributed by atoms with Crippen LogP contribution in [0.4, 0.5) is 5.69 Å². The van der Waals surface area contributed by atoms with Crippen LogP contribution in [0.25, 0.3) is 10.8 Å². The highest BCUT2D eigenvalue weighted by molar-refractivity contribution is 6.11. The van der Waals surface area contributed by atoms with Crippen molar-refractivity contribution in [2.24, 2.45) is 0 Å². The van der Waals surface area contributed by atoms with Crippen LogP contribution in [0, 0.1) is 11.3 Å². The van der Waals surface area contributed by atoms with Gasteiger partial charge in [-0.25, -0.2) is 4.68 Å². The Kier molecular flexibility index (Phi) is 6.25. The average molecular weight is 390 g/mol. The number of hydrogen-bond donors (Lipinski definition) is 1. The van der Waals surface area contributed by atoms with Gasteiger partial charge in [-0.05, 0) is 38.5 Å². The van der Waals surface area contributed by atoms with E-state index < -0.39 is 5.91 Å². The highest BCUT2D eigenvalue weighted by Gasteiger charge is 2.18. The van der Waals surface area contributed by atoms with Gasteiger partial charge in [0.15, 0.2) is 5.69 Å². The van der Waals surface area contributed by atoms with E-state index in [1.807, 2.05) is 13.8 Å². The SMILES string of the molecule is CC(C)n1nc(C(=O)Nc2cccc(OCCCC#N)c2)c2ccccc2c1=O. The molecule has 3 aromatic rings. The smallest absolute Gasteiger partial charge is 0.276 e. The van der Waals surface area contributed by atoms with Crippen LogP contribution in [0.1, 0.15) is 43.2 Å². The van der Waals surface area contributed by atoms with Crippen molar-refractivity contribution in [2.75, 3.05) is 11.9 Å². The van der Waals surface area contributed by atoms with E-state index in [-0.39, 0.29) is 17.3 Å². The molecule has 0 bridgehead atoms. The summed E-state index contributed by atoms with van der Waals surface area (Å²) in [5.41, 5.74) is 0.523. The summed E-state index contributed by atoms with van der Waals surface area (Å²) in [5.74, 6) is 0.197. The van der Waals surface area contributed by atoms with Crippen LogP contribution in [0.2, 0.25) is 0 Å². The van der Waals surface area contributed by atoms with Crippen molar-refractivity contribution >= 4 is 22.4 Å². The molecule has 1 amide bonds. The third kappa shape index (κ3) is 4.61. The van der Waals surface area contributed by atoms with Gasteiger partial charge in [0, 0.05) is 23.6 Å². The summed E-state index contributed by atoms with van der Waals surface area (Å²) in [4.78, 5) is 25.6. The van der Waals surface area contributed by atoms with Gasteiger partial charge in [-0.2, -0.15) is 10.4 Å². The van der Waals surface area contributed by atoms with E-state index >= 15 is 0 Å². The molecule has 1 N–H and O–H groups in total. The van der Waals surface area contributed by atoms with Gasteiger partial charge in [0.2, 0.25) is 0 Å². The first kappa shape index (κ1) is 20.1. The highest BCUT2D eigenvalue weighted by Crippen LogP contribution is 2.20. The molecule has 1 aromatic heterocycles. The molecule has 0 saturated carbocycles. The van der Waals surface area contributed by atoms with Crippen molar-refractivity contribution in [2.45, 2.75) is 32.7 Å². The van der Waals surface area contributed by atoms with Crippen molar-refractivity contribution in [1.82, 2.24) is 9.78 Å². The van der Waals surface area contributed by atoms with Crippen LogP contribution in [0.15, 0.2) is 53.3 Å². The summed E-state index contributed by atoms with van der Waals surface area (Å²) in [5, 5.41) is 16.7. The Hall–Kier alpha value is -3.66. The predicted molar refractivity (Wildman–Crippen MR) is 111 cm³/mol. The van der Waals surface area contributed by atoms with Gasteiger partial charge in [0.05, 0.1) is 24.1 Å². The lowest BCUT2D eigenvalue weighted by Gasteiger charge is -2.14. The predicted octanol–water partition coefficient (Wildman–Crippen LogP) is 3.91. The Labute approximate surface area is 168 Å². The number of aromatic nitrogens is 2. The molecule has 148 valence electrons. The first-order valence-electron chi connectivity index (χ1n) is 9.44. The van der Waals surface area contributed by atoms with Crippen molar-refractivity contribution < 1.29 is 9.53 Å². The summed E-state index contributed by atoms with van der Waals surface area (Å²) in [6.07, 6.45) is 1.07. The maximum Gasteiger partial charge on any atom is 0.276 e. The Morgan fingerprint density at radius 3 is 2.69 bits per heavy atom. The second-order valence-corrected chi connectivity index (χ2v) is 6.83. The first-order chi connectivity index (χ1) is 14.0. The standard InChI is InChI=1S/C22H22N4O3/c1-15(2)26-22(28)19-11-4-3-10-18(19)20(25-26)21(27)24-16-8-7-9-17(14-16)29-13-6-5-12-23/h3-4,7-11,14-15H,5-6,13H2,1-2H3,(H,24,27). The molecule has 2 aromatic carbocycles. The van der Waals surface area contributed by atoms with Gasteiger partial charge < -0.3 is 10.1 Å². The summed E-state index contributed by atoms with van der Waals surface area (Å²) in [7, 11) is 0. The van der Waals surface area contributed by atoms with Crippen molar-refractivity contribution in [3.63, 3.8) is 0 Å². The largest absolute Gasteiger partial charge is 0.493 e. The number of carbonyl (C=O) groups excluding carboxylic acids is 1. The number of fused-ring (bicyclic) bond motifs is 1. The fourth-order valence-electron chi connectivity index (χ4n) is 2.92. The van der Waals surface area contributed by atoms with Gasteiger partial charge in [0.25, 0.3) is 11.5 Å². The van der Waals surface area contributed by atoms with E-state index in [1.165, 1.54) is 4.68 Å². The van der Waals surface area contributed by atoms with Gasteiger partial charge >= 0.3 is 0 Å². The van der Waals surface area contributed by atoms with Crippen molar-refractivity contribution in [1.29, 1.82) is 5.26 Å². The van der Waals surface area contributed by atoms with Crippen LogP contribution in [0.3, 0.4) is 0 Å². The normalized spacial score (nSPS) is 10.7. The van der Waals surface area contributed by atoms with E-state index in [2.05, 4.69) is 16.5 Å². The molecule has 0 spiro atoms. The quantitative estimate of drug-likeness (QED) is 0.617. The number of amides is 1. The van der Waals surface area contributed by atoms with Gasteiger partial charge in [-0.3, -0.25) is 9.59 Å². The zero-order chi connectivity index (χ0) is 20.8. The van der Waals surface area contributed by atoms with Gasteiger partial charge in [0.1, 0.15) is 5.75 Å². The maximum absolute atomic E-state index is 13.0. The molecule has 3 rings (SSSR count). The maximum atomic E-state index is 13.0. The topological polar surface area (TPSA) is 97.0 Å². The molecule has 0 saturated heterocycles. The lowest BCUT2D eigenvalue weighted by molar-refractivity contribution is 0.102. The number of benzene rings is 2. The van der Waals surface area contributed by atoms with E-state index in [0.29, 0.717) is 41.7 Å². The van der Waals surface area contributed by atoms with Crippen molar-refractivity contribution in [3.05, 3.63) is 64.6 Å². The van der Waals surface area contributed by atoms with E-state index in [4.69, 9.17) is 10.00 Å². The molecular weight excluding hydrogens is 368 g/mol. The molecule has 29 heavy (non-hydrogen) atoms. The van der Waals surface area contributed by atoms with E-state index in [0.717, 1.165) is 0 Å². The molecule has 0 unspecified atom stereocenters. The summed E-state index contributed by atoms with van der Waals surface area (Å²) in [6, 6.07) is 15.9. The number of anilines is 1. The molecule has 0 fully saturated rings. The molecular formula is C22H22N4O3. The number of hydrogen-bond acceptors (Lipinski definition) is 5. The van der Waals surface area contributed by atoms with Crippen LogP contribution in [-0.4, -0.2) is 22.3 Å². The average Bonchev–Trinajstić information content (AvgIpc) is 2.71. The number of ether oxygens (including phenoxy) is 1. The van der Waals surface area contributed by atoms with Crippen molar-refractivity contribution in [3.8, 4) is 11.8 Å². The summed E-state index contributed by atoms with van der Waals surface area (Å²) in [6.45, 7) is 4.12. The monoisotopic (exact) mass is 390 g/mol. The first-order valence-corrected chi connectivity index (χ1v) is 9.44. The third-order valence-electron chi connectivity index (χ3n) is 4.33. The second-order valence-electron chi connectivity index (χ2n) is 6.83. The Bertz CT molecular complexity index is 1130. The van der Waals surface area contributed by atoms with Gasteiger partial charge in [-0.1, -0.05) is 24.3 Å². The Balaban J connectivity index is 1.88. The summed E-state index contributed by atoms with van der Waals surface area (Å²) >= 11 is 0. The van der Waals surface area contributed by atoms with Crippen LogP contribution < -0.4 is 15.6 Å². The molecule has 7 nitrogen and oxygen atoms in total. The number of unbranched alkanes of at least 4 members (excludes halogenated alkanes) is 1. The molecule has 0 aliphatic heterocycles. The number of nitrogens with zero attached hydrogens (tertiary/aromatic N) is 3.